The lowest BCUT2D eigenvalue weighted by molar-refractivity contribution is -0.199. The Morgan fingerprint density at radius 2 is 1.66 bits per heavy atom. The molecule has 1 unspecified atom stereocenters. The highest BCUT2D eigenvalue weighted by molar-refractivity contribution is 6.48. The Hall–Kier alpha value is -3.83. The number of fused-ring (bicyclic) bond motifs is 2. The summed E-state index contributed by atoms with van der Waals surface area (Å²) in [6.07, 6.45) is 11.4. The van der Waals surface area contributed by atoms with Gasteiger partial charge in [-0.2, -0.15) is 0 Å². The van der Waals surface area contributed by atoms with Gasteiger partial charge in [-0.3, -0.25) is 9.69 Å². The average molecular weight is 723 g/mol. The monoisotopic (exact) mass is 722 g/mol. The van der Waals surface area contributed by atoms with E-state index in [1.54, 1.807) is 14.7 Å². The molecule has 282 valence electrons. The Kier molecular flexibility index (Phi) is 10.1. The van der Waals surface area contributed by atoms with Crippen molar-refractivity contribution in [3.63, 3.8) is 0 Å². The SMILES string of the molecule is CC1(C)[C@H]2CC3OB([C@@H]4CCCCCC/C=C/CN(Cc5ccccc5)C(=O)N5C[C@H](OC(=O)N6Cc7ccccc7C6)C[C@H]5C(=O)N4)O[C@]3(C)[C@@H]1C2. The fourth-order valence-electron chi connectivity index (χ4n) is 10.1. The van der Waals surface area contributed by atoms with Crippen LogP contribution in [0, 0.1) is 17.3 Å². The molecular formula is C42H55BN4O6. The first kappa shape index (κ1) is 36.2. The number of carbonyl (C=O) groups is 3. The van der Waals surface area contributed by atoms with E-state index in [1.165, 1.54) is 0 Å². The molecule has 7 aliphatic rings. The summed E-state index contributed by atoms with van der Waals surface area (Å²) in [4.78, 5) is 47.8. The fraction of sp³-hybridized carbons (Fsp3) is 0.595. The molecule has 1 N–H and O–H groups in total. The van der Waals surface area contributed by atoms with E-state index in [-0.39, 0.29) is 42.4 Å². The summed E-state index contributed by atoms with van der Waals surface area (Å²) in [6, 6.07) is 16.9. The molecule has 3 aliphatic carbocycles. The lowest BCUT2D eigenvalue weighted by atomic mass is 9.43. The highest BCUT2D eigenvalue weighted by atomic mass is 16.7. The third-order valence-corrected chi connectivity index (χ3v) is 13.4. The van der Waals surface area contributed by atoms with Gasteiger partial charge in [-0.1, -0.05) is 99.9 Å². The van der Waals surface area contributed by atoms with E-state index in [4.69, 9.17) is 14.0 Å². The van der Waals surface area contributed by atoms with Gasteiger partial charge >= 0.3 is 19.2 Å². The Morgan fingerprint density at radius 3 is 2.42 bits per heavy atom. The number of rotatable bonds is 4. The highest BCUT2D eigenvalue weighted by Gasteiger charge is 2.68. The van der Waals surface area contributed by atoms with Crippen molar-refractivity contribution in [2.45, 2.75) is 128 Å². The molecule has 2 aromatic carbocycles. The molecule has 7 atom stereocenters. The first-order valence-electron chi connectivity index (χ1n) is 20.0. The predicted molar refractivity (Wildman–Crippen MR) is 202 cm³/mol. The number of benzene rings is 2. The van der Waals surface area contributed by atoms with Gasteiger partial charge in [0.05, 0.1) is 24.2 Å². The molecule has 5 fully saturated rings. The molecule has 2 aromatic rings. The summed E-state index contributed by atoms with van der Waals surface area (Å²) in [7, 11) is -0.559. The van der Waals surface area contributed by atoms with Crippen LogP contribution >= 0.6 is 0 Å². The second-order valence-electron chi connectivity index (χ2n) is 17.1. The summed E-state index contributed by atoms with van der Waals surface area (Å²) < 4.78 is 19.7. The van der Waals surface area contributed by atoms with Crippen molar-refractivity contribution in [3.8, 4) is 0 Å². The maximum absolute atomic E-state index is 14.6. The third kappa shape index (κ3) is 7.11. The van der Waals surface area contributed by atoms with Crippen molar-refractivity contribution < 1.29 is 28.4 Å². The van der Waals surface area contributed by atoms with Crippen molar-refractivity contribution in [2.75, 3.05) is 13.1 Å². The molecule has 53 heavy (non-hydrogen) atoms. The van der Waals surface area contributed by atoms with Gasteiger partial charge in [0.2, 0.25) is 5.91 Å². The van der Waals surface area contributed by atoms with Crippen molar-refractivity contribution in [2.24, 2.45) is 17.3 Å². The first-order chi connectivity index (χ1) is 25.6. The number of amides is 4. The molecule has 4 amide bonds. The number of hydrogen-bond donors (Lipinski definition) is 1. The van der Waals surface area contributed by atoms with Crippen molar-refractivity contribution in [1.29, 1.82) is 0 Å². The van der Waals surface area contributed by atoms with Gasteiger partial charge in [-0.25, -0.2) is 9.59 Å². The van der Waals surface area contributed by atoms with Gasteiger partial charge in [-0.15, -0.1) is 0 Å². The summed E-state index contributed by atoms with van der Waals surface area (Å²) in [5.74, 6) is 0.422. The second kappa shape index (κ2) is 14.8. The van der Waals surface area contributed by atoms with E-state index in [0.717, 1.165) is 68.1 Å². The van der Waals surface area contributed by atoms with Crippen molar-refractivity contribution in [3.05, 3.63) is 83.4 Å². The maximum Gasteiger partial charge on any atom is 0.481 e. The zero-order valence-electron chi connectivity index (χ0n) is 31.6. The van der Waals surface area contributed by atoms with Crippen LogP contribution in [-0.2, 0) is 38.5 Å². The quantitative estimate of drug-likeness (QED) is 0.273. The van der Waals surface area contributed by atoms with Gasteiger partial charge in [0.15, 0.2) is 0 Å². The lowest BCUT2D eigenvalue weighted by Gasteiger charge is -2.64. The predicted octanol–water partition coefficient (Wildman–Crippen LogP) is 6.87. The van der Waals surface area contributed by atoms with E-state index in [2.05, 4.69) is 38.2 Å². The topological polar surface area (TPSA) is 101 Å². The highest BCUT2D eigenvalue weighted by Crippen LogP contribution is 2.65. The van der Waals surface area contributed by atoms with E-state index in [9.17, 15) is 14.4 Å². The van der Waals surface area contributed by atoms with Gasteiger partial charge in [-0.05, 0) is 73.0 Å². The van der Waals surface area contributed by atoms with Crippen LogP contribution in [-0.4, -0.2) is 82.7 Å². The largest absolute Gasteiger partial charge is 0.481 e. The minimum Gasteiger partial charge on any atom is -0.444 e. The average Bonchev–Trinajstić information content (AvgIpc) is 3.87. The number of nitrogens with one attached hydrogen (secondary N) is 1. The van der Waals surface area contributed by atoms with Crippen LogP contribution in [0.1, 0.15) is 95.2 Å². The molecule has 3 saturated carbocycles. The Balaban J connectivity index is 1.04. The van der Waals surface area contributed by atoms with Gasteiger partial charge < -0.3 is 29.2 Å². The summed E-state index contributed by atoms with van der Waals surface area (Å²) >= 11 is 0. The number of urea groups is 1. The zero-order chi connectivity index (χ0) is 36.7. The number of hydrogen-bond acceptors (Lipinski definition) is 6. The standard InChI is InChI=1S/C42H55BN4O6/c1-41(2)32-22-35(41)42(3)36(23-32)52-43(53-42)37-20-12-7-5-4-6-8-15-21-45(25-29-16-10-9-11-17-29)39(49)47-28-33(24-34(47)38(48)44-37)51-40(50)46-26-30-18-13-14-19-31(30)27-46/h8-11,13-19,32-37H,4-7,12,20-28H2,1-3H3,(H,44,48)/b15-8+/t32-,33-,34+,35-,36?,37+,42-/m1/s1. The van der Waals surface area contributed by atoms with Crippen LogP contribution in [0.2, 0.25) is 0 Å². The van der Waals surface area contributed by atoms with E-state index >= 15 is 0 Å². The molecule has 4 aliphatic heterocycles. The van der Waals surface area contributed by atoms with Crippen LogP contribution < -0.4 is 5.32 Å². The van der Waals surface area contributed by atoms with Gasteiger partial charge in [0, 0.05) is 32.6 Å². The fourth-order valence-corrected chi connectivity index (χ4v) is 10.1. The minimum absolute atomic E-state index is 0.00458. The van der Waals surface area contributed by atoms with Gasteiger partial charge in [0.25, 0.3) is 0 Å². The number of nitrogens with zero attached hydrogens (tertiary/aromatic N) is 3. The molecule has 0 radical (unpaired) electrons. The zero-order valence-corrected chi connectivity index (χ0v) is 31.6. The molecule has 0 spiro atoms. The molecule has 11 heteroatoms. The van der Waals surface area contributed by atoms with Crippen LogP contribution in [0.15, 0.2) is 66.7 Å². The maximum atomic E-state index is 14.6. The second-order valence-corrected chi connectivity index (χ2v) is 17.1. The van der Waals surface area contributed by atoms with Crippen LogP contribution in [0.5, 0.6) is 0 Å². The van der Waals surface area contributed by atoms with E-state index < -0.39 is 31.0 Å². The molecule has 4 heterocycles. The van der Waals surface area contributed by atoms with Crippen molar-refractivity contribution in [1.82, 2.24) is 20.0 Å². The Bertz CT molecular complexity index is 1680. The molecular weight excluding hydrogens is 667 g/mol. The molecule has 2 saturated heterocycles. The van der Waals surface area contributed by atoms with E-state index in [1.807, 2.05) is 54.6 Å². The van der Waals surface area contributed by atoms with E-state index in [0.29, 0.717) is 38.0 Å². The first-order valence-corrected chi connectivity index (χ1v) is 20.0. The third-order valence-electron chi connectivity index (χ3n) is 13.4. The van der Waals surface area contributed by atoms with Crippen LogP contribution in [0.25, 0.3) is 0 Å². The van der Waals surface area contributed by atoms with Crippen molar-refractivity contribution >= 4 is 25.1 Å². The Labute approximate surface area is 314 Å². The van der Waals surface area contributed by atoms with Gasteiger partial charge in [0.1, 0.15) is 12.1 Å². The molecule has 10 nitrogen and oxygen atoms in total. The lowest BCUT2D eigenvalue weighted by Crippen LogP contribution is -2.65. The minimum atomic E-state index is -0.820. The van der Waals surface area contributed by atoms with Crippen LogP contribution in [0.3, 0.4) is 0 Å². The smallest absolute Gasteiger partial charge is 0.444 e. The summed E-state index contributed by atoms with van der Waals surface area (Å²) in [5.41, 5.74) is 3.04. The molecule has 2 bridgehead atoms. The summed E-state index contributed by atoms with van der Waals surface area (Å²) in [5, 5.41) is 3.35. The number of ether oxygens (including phenoxy) is 1. The molecule has 9 rings (SSSR count). The van der Waals surface area contributed by atoms with Crippen LogP contribution in [0.4, 0.5) is 9.59 Å². The molecule has 0 aromatic heterocycles. The Morgan fingerprint density at radius 1 is 0.925 bits per heavy atom. The number of carbonyl (C=O) groups excluding carboxylic acids is 3. The number of allylic oxidation sites excluding steroid dienone is 1. The summed E-state index contributed by atoms with van der Waals surface area (Å²) in [6.45, 7) is 8.83. The normalized spacial score (nSPS) is 33.4.